The molecule has 1 atom stereocenters. The Labute approximate surface area is 133 Å². The summed E-state index contributed by atoms with van der Waals surface area (Å²) in [6.07, 6.45) is 0.462. The molecule has 1 amide bonds. The zero-order valence-corrected chi connectivity index (χ0v) is 13.5. The summed E-state index contributed by atoms with van der Waals surface area (Å²) in [6, 6.07) is 6.73. The lowest BCUT2D eigenvalue weighted by Gasteiger charge is -2.13. The molecule has 0 spiro atoms. The van der Waals surface area contributed by atoms with Crippen LogP contribution in [0.25, 0.3) is 10.9 Å². The van der Waals surface area contributed by atoms with Crippen molar-refractivity contribution in [2.75, 3.05) is 11.5 Å². The summed E-state index contributed by atoms with van der Waals surface area (Å²) in [5.41, 5.74) is 1.78. The van der Waals surface area contributed by atoms with Gasteiger partial charge in [-0.2, -0.15) is 0 Å². The number of nitrogens with one attached hydrogen (secondary N) is 1. The standard InChI is InChI=1S/C15H15ClN2O3S/c1-9-13(6-10-2-3-11(16)7-14(10)17-9)15(19)18-12-4-5-22(20,21)8-12/h2-3,6-7,12H,4-5,8H2,1H3,(H,18,19)/t12-/m1/s1. The van der Waals surface area contributed by atoms with Gasteiger partial charge in [-0.3, -0.25) is 9.78 Å². The van der Waals surface area contributed by atoms with Gasteiger partial charge in [-0.05, 0) is 31.5 Å². The monoisotopic (exact) mass is 338 g/mol. The number of rotatable bonds is 2. The van der Waals surface area contributed by atoms with Crippen molar-refractivity contribution in [2.45, 2.75) is 19.4 Å². The molecule has 1 aliphatic heterocycles. The lowest BCUT2D eigenvalue weighted by molar-refractivity contribution is 0.0940. The largest absolute Gasteiger partial charge is 0.348 e. The fourth-order valence-corrected chi connectivity index (χ4v) is 4.48. The van der Waals surface area contributed by atoms with Crippen LogP contribution in [0.4, 0.5) is 0 Å². The van der Waals surface area contributed by atoms with Crippen LogP contribution >= 0.6 is 11.6 Å². The first-order valence-corrected chi connectivity index (χ1v) is 9.12. The number of amides is 1. The number of aryl methyl sites for hydroxylation is 1. The number of fused-ring (bicyclic) bond motifs is 1. The average molecular weight is 339 g/mol. The minimum absolute atomic E-state index is 0.00834. The number of halogens is 1. The van der Waals surface area contributed by atoms with Gasteiger partial charge in [-0.15, -0.1) is 0 Å². The maximum atomic E-state index is 12.4. The molecule has 2 aromatic rings. The van der Waals surface area contributed by atoms with Crippen molar-refractivity contribution in [3.05, 3.63) is 40.5 Å². The Morgan fingerprint density at radius 3 is 2.82 bits per heavy atom. The van der Waals surface area contributed by atoms with E-state index in [0.29, 0.717) is 22.7 Å². The second kappa shape index (κ2) is 5.52. The van der Waals surface area contributed by atoms with Crippen LogP contribution in [0.2, 0.25) is 5.02 Å². The summed E-state index contributed by atoms with van der Waals surface area (Å²) < 4.78 is 22.9. The lowest BCUT2D eigenvalue weighted by atomic mass is 10.1. The van der Waals surface area contributed by atoms with Crippen LogP contribution in [0.3, 0.4) is 0 Å². The van der Waals surface area contributed by atoms with Gasteiger partial charge in [0.15, 0.2) is 9.84 Å². The Balaban J connectivity index is 1.88. The molecule has 116 valence electrons. The Kier molecular flexibility index (Phi) is 3.82. The summed E-state index contributed by atoms with van der Waals surface area (Å²) in [5.74, 6) is -0.149. The number of hydrogen-bond acceptors (Lipinski definition) is 4. The highest BCUT2D eigenvalue weighted by molar-refractivity contribution is 7.91. The first-order chi connectivity index (χ1) is 10.3. The molecule has 1 N–H and O–H groups in total. The third kappa shape index (κ3) is 3.08. The molecule has 0 radical (unpaired) electrons. The van der Waals surface area contributed by atoms with E-state index in [1.165, 1.54) is 0 Å². The second-order valence-corrected chi connectivity index (χ2v) is 8.20. The Hall–Kier alpha value is -1.66. The fourth-order valence-electron chi connectivity index (χ4n) is 2.64. The molecule has 5 nitrogen and oxygen atoms in total. The number of pyridine rings is 1. The molecule has 1 aromatic heterocycles. The van der Waals surface area contributed by atoms with Gasteiger partial charge in [0.2, 0.25) is 0 Å². The van der Waals surface area contributed by atoms with E-state index in [2.05, 4.69) is 10.3 Å². The quantitative estimate of drug-likeness (QED) is 0.910. The first-order valence-electron chi connectivity index (χ1n) is 6.92. The van der Waals surface area contributed by atoms with E-state index in [4.69, 9.17) is 11.6 Å². The van der Waals surface area contributed by atoms with Crippen molar-refractivity contribution < 1.29 is 13.2 Å². The molecular formula is C15H15ClN2O3S. The summed E-state index contributed by atoms with van der Waals surface area (Å²) >= 11 is 5.94. The molecule has 3 rings (SSSR count). The molecule has 2 heterocycles. The van der Waals surface area contributed by atoms with Gasteiger partial charge in [0.1, 0.15) is 0 Å². The van der Waals surface area contributed by atoms with Crippen molar-refractivity contribution in [3.63, 3.8) is 0 Å². The highest BCUT2D eigenvalue weighted by Crippen LogP contribution is 2.21. The third-order valence-corrected chi connectivity index (χ3v) is 5.79. The normalized spacial score (nSPS) is 20.2. The van der Waals surface area contributed by atoms with E-state index in [0.717, 1.165) is 10.9 Å². The van der Waals surface area contributed by atoms with Crippen LogP contribution in [0.5, 0.6) is 0 Å². The van der Waals surface area contributed by atoms with Crippen LogP contribution < -0.4 is 5.32 Å². The smallest absolute Gasteiger partial charge is 0.253 e. The second-order valence-electron chi connectivity index (χ2n) is 5.53. The molecule has 0 bridgehead atoms. The number of benzene rings is 1. The zero-order valence-electron chi connectivity index (χ0n) is 12.0. The van der Waals surface area contributed by atoms with Crippen LogP contribution in [0.15, 0.2) is 24.3 Å². The van der Waals surface area contributed by atoms with Crippen LogP contribution in [-0.2, 0) is 9.84 Å². The van der Waals surface area contributed by atoms with E-state index in [1.54, 1.807) is 31.2 Å². The van der Waals surface area contributed by atoms with Crippen molar-refractivity contribution >= 4 is 38.2 Å². The zero-order chi connectivity index (χ0) is 15.9. The summed E-state index contributed by atoms with van der Waals surface area (Å²) in [4.78, 5) is 16.8. The molecule has 0 aliphatic carbocycles. The van der Waals surface area contributed by atoms with Gasteiger partial charge in [-0.25, -0.2) is 8.42 Å². The minimum atomic E-state index is -3.02. The summed E-state index contributed by atoms with van der Waals surface area (Å²) in [5, 5.41) is 4.19. The van der Waals surface area contributed by atoms with E-state index in [1.807, 2.05) is 0 Å². The molecule has 22 heavy (non-hydrogen) atoms. The van der Waals surface area contributed by atoms with E-state index in [-0.39, 0.29) is 23.5 Å². The maximum Gasteiger partial charge on any atom is 0.253 e. The van der Waals surface area contributed by atoms with Crippen LogP contribution in [0.1, 0.15) is 22.5 Å². The van der Waals surface area contributed by atoms with Crippen molar-refractivity contribution in [3.8, 4) is 0 Å². The van der Waals surface area contributed by atoms with Gasteiger partial charge in [0, 0.05) is 16.5 Å². The van der Waals surface area contributed by atoms with E-state index >= 15 is 0 Å². The van der Waals surface area contributed by atoms with Gasteiger partial charge < -0.3 is 5.32 Å². The van der Waals surface area contributed by atoms with Gasteiger partial charge in [0.05, 0.1) is 28.3 Å². The van der Waals surface area contributed by atoms with E-state index < -0.39 is 9.84 Å². The lowest BCUT2D eigenvalue weighted by Crippen LogP contribution is -2.36. The Morgan fingerprint density at radius 2 is 2.14 bits per heavy atom. The third-order valence-electron chi connectivity index (χ3n) is 3.78. The van der Waals surface area contributed by atoms with Gasteiger partial charge in [0.25, 0.3) is 5.91 Å². The van der Waals surface area contributed by atoms with Gasteiger partial charge in [-0.1, -0.05) is 17.7 Å². The molecule has 1 fully saturated rings. The highest BCUT2D eigenvalue weighted by atomic mass is 35.5. The van der Waals surface area contributed by atoms with E-state index in [9.17, 15) is 13.2 Å². The average Bonchev–Trinajstić information content (AvgIpc) is 2.76. The predicted octanol–water partition coefficient (Wildman–Crippen LogP) is 2.11. The number of carbonyl (C=O) groups is 1. The van der Waals surface area contributed by atoms with Crippen molar-refractivity contribution in [1.29, 1.82) is 0 Å². The fraction of sp³-hybridized carbons (Fsp3) is 0.333. The predicted molar refractivity (Wildman–Crippen MR) is 86.0 cm³/mol. The van der Waals surface area contributed by atoms with Crippen LogP contribution in [0, 0.1) is 6.92 Å². The Bertz CT molecular complexity index is 864. The SMILES string of the molecule is Cc1nc2cc(Cl)ccc2cc1C(=O)N[C@@H]1CCS(=O)(=O)C1. The number of sulfone groups is 1. The molecule has 0 saturated carbocycles. The number of aromatic nitrogens is 1. The maximum absolute atomic E-state index is 12.4. The molecule has 0 unspecified atom stereocenters. The summed E-state index contributed by atoms with van der Waals surface area (Å²) in [7, 11) is -3.02. The highest BCUT2D eigenvalue weighted by Gasteiger charge is 2.29. The summed E-state index contributed by atoms with van der Waals surface area (Å²) in [6.45, 7) is 1.75. The molecule has 1 aromatic carbocycles. The number of carbonyl (C=O) groups excluding carboxylic acids is 1. The number of hydrogen-bond donors (Lipinski definition) is 1. The van der Waals surface area contributed by atoms with Crippen LogP contribution in [-0.4, -0.2) is 36.9 Å². The molecule has 7 heteroatoms. The number of nitrogens with zero attached hydrogens (tertiary/aromatic N) is 1. The topological polar surface area (TPSA) is 76.1 Å². The Morgan fingerprint density at radius 1 is 1.36 bits per heavy atom. The molecular weight excluding hydrogens is 324 g/mol. The van der Waals surface area contributed by atoms with Crippen molar-refractivity contribution in [2.24, 2.45) is 0 Å². The molecule has 1 aliphatic rings. The minimum Gasteiger partial charge on any atom is -0.348 e. The first kappa shape index (κ1) is 15.2. The molecule has 1 saturated heterocycles. The van der Waals surface area contributed by atoms with Crippen molar-refractivity contribution in [1.82, 2.24) is 10.3 Å². The van der Waals surface area contributed by atoms with Gasteiger partial charge >= 0.3 is 0 Å².